The summed E-state index contributed by atoms with van der Waals surface area (Å²) in [5.74, 6) is 0. The quantitative estimate of drug-likeness (QED) is 0.498. The van der Waals surface area contributed by atoms with Crippen LogP contribution in [-0.4, -0.2) is 22.3 Å². The molecular formula is C25H24Cl2N2O3. The van der Waals surface area contributed by atoms with Gasteiger partial charge in [-0.2, -0.15) is 0 Å². The number of nitrogens with zero attached hydrogens (tertiary/aromatic N) is 2. The van der Waals surface area contributed by atoms with Crippen LogP contribution in [0.1, 0.15) is 31.9 Å². The number of rotatable bonds is 4. The van der Waals surface area contributed by atoms with Gasteiger partial charge in [0.05, 0.1) is 11.6 Å². The number of aliphatic hydroxyl groups is 2. The molecule has 0 aliphatic carbocycles. The van der Waals surface area contributed by atoms with Crippen LogP contribution in [0.25, 0.3) is 0 Å². The molecular weight excluding hydrogens is 447 g/mol. The molecule has 5 nitrogen and oxygen atoms in total. The number of carbonyl (C=O) groups is 1. The van der Waals surface area contributed by atoms with Crippen molar-refractivity contribution in [2.75, 3.05) is 9.80 Å². The summed E-state index contributed by atoms with van der Waals surface area (Å²) in [5.41, 5.74) is -0.599. The minimum Gasteiger partial charge on any atom is -0.386 e. The predicted octanol–water partition coefficient (Wildman–Crippen LogP) is 5.90. The molecule has 1 aliphatic heterocycles. The number of hydrogen-bond acceptors (Lipinski definition) is 3. The van der Waals surface area contributed by atoms with Crippen LogP contribution in [0.3, 0.4) is 0 Å². The SMILES string of the molecule is C[C@@H]1N(c2ccc(Cl)cc2)C(=O)N(c2ccc(Cl)cc2)C1(O)c1cccc(C(C)(C)O)c1. The van der Waals surface area contributed by atoms with Crippen molar-refractivity contribution < 1.29 is 15.0 Å². The van der Waals surface area contributed by atoms with Crippen molar-refractivity contribution in [2.45, 2.75) is 38.1 Å². The summed E-state index contributed by atoms with van der Waals surface area (Å²) in [5, 5.41) is 23.8. The summed E-state index contributed by atoms with van der Waals surface area (Å²) in [6.07, 6.45) is 0. The van der Waals surface area contributed by atoms with Gasteiger partial charge in [-0.25, -0.2) is 4.79 Å². The van der Waals surface area contributed by atoms with E-state index in [0.29, 0.717) is 32.5 Å². The molecule has 0 spiro atoms. The van der Waals surface area contributed by atoms with Gasteiger partial charge in [0, 0.05) is 27.0 Å². The van der Waals surface area contributed by atoms with E-state index in [1.165, 1.54) is 4.90 Å². The van der Waals surface area contributed by atoms with Gasteiger partial charge in [0.2, 0.25) is 0 Å². The summed E-state index contributed by atoms with van der Waals surface area (Å²) >= 11 is 12.1. The molecule has 7 heteroatoms. The molecule has 0 saturated carbocycles. The first-order chi connectivity index (χ1) is 15.0. The Morgan fingerprint density at radius 2 is 1.44 bits per heavy atom. The topological polar surface area (TPSA) is 64.0 Å². The highest BCUT2D eigenvalue weighted by Crippen LogP contribution is 2.45. The summed E-state index contributed by atoms with van der Waals surface area (Å²) in [4.78, 5) is 16.6. The fraction of sp³-hybridized carbons (Fsp3) is 0.240. The van der Waals surface area contributed by atoms with Crippen molar-refractivity contribution in [2.24, 2.45) is 0 Å². The summed E-state index contributed by atoms with van der Waals surface area (Å²) in [6.45, 7) is 5.14. The molecule has 4 rings (SSSR count). The van der Waals surface area contributed by atoms with Gasteiger partial charge in [-0.15, -0.1) is 0 Å². The van der Waals surface area contributed by atoms with E-state index in [1.54, 1.807) is 98.5 Å². The first-order valence-electron chi connectivity index (χ1n) is 10.2. The molecule has 3 aromatic rings. The molecule has 166 valence electrons. The molecule has 1 fully saturated rings. The van der Waals surface area contributed by atoms with Gasteiger partial charge < -0.3 is 10.2 Å². The third kappa shape index (κ3) is 3.76. The van der Waals surface area contributed by atoms with Crippen LogP contribution in [0.2, 0.25) is 10.0 Å². The van der Waals surface area contributed by atoms with E-state index in [9.17, 15) is 15.0 Å². The maximum atomic E-state index is 13.7. The number of anilines is 2. The highest BCUT2D eigenvalue weighted by atomic mass is 35.5. The van der Waals surface area contributed by atoms with Crippen molar-refractivity contribution >= 4 is 40.6 Å². The van der Waals surface area contributed by atoms with Gasteiger partial charge in [-0.3, -0.25) is 9.80 Å². The Kier molecular flexibility index (Phi) is 5.72. The van der Waals surface area contributed by atoms with Gasteiger partial charge in [-0.1, -0.05) is 41.4 Å². The van der Waals surface area contributed by atoms with Crippen LogP contribution in [0.4, 0.5) is 16.2 Å². The molecule has 0 radical (unpaired) electrons. The first-order valence-corrected chi connectivity index (χ1v) is 11.0. The van der Waals surface area contributed by atoms with Crippen molar-refractivity contribution in [1.82, 2.24) is 0 Å². The Bertz CT molecular complexity index is 1140. The Labute approximate surface area is 197 Å². The number of benzene rings is 3. The molecule has 1 aliphatic rings. The van der Waals surface area contributed by atoms with Crippen LogP contribution >= 0.6 is 23.2 Å². The Morgan fingerprint density at radius 1 is 0.906 bits per heavy atom. The second kappa shape index (κ2) is 8.09. The normalized spacial score (nSPS) is 21.3. The molecule has 0 bridgehead atoms. The Hall–Kier alpha value is -2.57. The monoisotopic (exact) mass is 470 g/mol. The average molecular weight is 471 g/mol. The van der Waals surface area contributed by atoms with Crippen LogP contribution in [0, 0.1) is 0 Å². The molecule has 2 N–H and O–H groups in total. The fourth-order valence-corrected chi connectivity index (χ4v) is 4.37. The molecule has 2 amide bonds. The molecule has 3 aromatic carbocycles. The molecule has 1 saturated heterocycles. The molecule has 0 aromatic heterocycles. The van der Waals surface area contributed by atoms with E-state index in [4.69, 9.17) is 23.2 Å². The molecule has 1 unspecified atom stereocenters. The van der Waals surface area contributed by atoms with E-state index in [-0.39, 0.29) is 0 Å². The van der Waals surface area contributed by atoms with Crippen molar-refractivity contribution in [3.05, 3.63) is 94.0 Å². The maximum absolute atomic E-state index is 13.7. The third-order valence-corrected chi connectivity index (χ3v) is 6.40. The van der Waals surface area contributed by atoms with E-state index in [0.717, 1.165) is 0 Å². The summed E-state index contributed by atoms with van der Waals surface area (Å²) in [7, 11) is 0. The second-order valence-electron chi connectivity index (χ2n) is 8.48. The van der Waals surface area contributed by atoms with E-state index in [2.05, 4.69) is 0 Å². The predicted molar refractivity (Wildman–Crippen MR) is 128 cm³/mol. The van der Waals surface area contributed by atoms with Crippen LogP contribution in [0.15, 0.2) is 72.8 Å². The number of hydrogen-bond donors (Lipinski definition) is 2. The Morgan fingerprint density at radius 3 is 1.97 bits per heavy atom. The first kappa shape index (κ1) is 22.6. The van der Waals surface area contributed by atoms with Gasteiger partial charge in [0.1, 0.15) is 0 Å². The minimum absolute atomic E-state index is 0.390. The molecule has 2 atom stereocenters. The smallest absolute Gasteiger partial charge is 0.332 e. The number of urea groups is 1. The highest BCUT2D eigenvalue weighted by Gasteiger charge is 2.56. The average Bonchev–Trinajstić information content (AvgIpc) is 2.95. The lowest BCUT2D eigenvalue weighted by Crippen LogP contribution is -2.48. The van der Waals surface area contributed by atoms with Gasteiger partial charge in [0.15, 0.2) is 5.72 Å². The van der Waals surface area contributed by atoms with Gasteiger partial charge in [-0.05, 0) is 80.9 Å². The van der Waals surface area contributed by atoms with Crippen LogP contribution < -0.4 is 9.80 Å². The fourth-order valence-electron chi connectivity index (χ4n) is 4.12. The molecule has 32 heavy (non-hydrogen) atoms. The lowest BCUT2D eigenvalue weighted by Gasteiger charge is -2.36. The van der Waals surface area contributed by atoms with E-state index >= 15 is 0 Å². The summed E-state index contributed by atoms with van der Waals surface area (Å²) < 4.78 is 0. The Balaban J connectivity index is 1.91. The molecule has 1 heterocycles. The third-order valence-electron chi connectivity index (χ3n) is 5.89. The van der Waals surface area contributed by atoms with E-state index < -0.39 is 23.4 Å². The van der Waals surface area contributed by atoms with Crippen LogP contribution in [0.5, 0.6) is 0 Å². The lowest BCUT2D eigenvalue weighted by atomic mass is 9.89. The maximum Gasteiger partial charge on any atom is 0.332 e. The lowest BCUT2D eigenvalue weighted by molar-refractivity contribution is 0.0362. The van der Waals surface area contributed by atoms with Crippen molar-refractivity contribution in [3.63, 3.8) is 0 Å². The minimum atomic E-state index is -1.72. The zero-order valence-electron chi connectivity index (χ0n) is 18.0. The number of halogens is 2. The second-order valence-corrected chi connectivity index (χ2v) is 9.36. The zero-order chi connectivity index (χ0) is 23.3. The van der Waals surface area contributed by atoms with E-state index in [1.807, 2.05) is 0 Å². The standard InChI is InChI=1S/C25H24Cl2N2O3/c1-16-25(32,18-6-4-5-17(15-18)24(2,3)31)29(22-13-9-20(27)10-14-22)23(30)28(16)21-11-7-19(26)8-12-21/h4-16,31-32H,1-3H3/t16-,25?/m0/s1. The number of carbonyl (C=O) groups excluding carboxylic acids is 1. The van der Waals surface area contributed by atoms with Gasteiger partial charge >= 0.3 is 6.03 Å². The van der Waals surface area contributed by atoms with Gasteiger partial charge in [0.25, 0.3) is 0 Å². The van der Waals surface area contributed by atoms with Crippen molar-refractivity contribution in [3.8, 4) is 0 Å². The largest absolute Gasteiger partial charge is 0.386 e. The number of amides is 2. The van der Waals surface area contributed by atoms with Crippen molar-refractivity contribution in [1.29, 1.82) is 0 Å². The highest BCUT2D eigenvalue weighted by molar-refractivity contribution is 6.31. The zero-order valence-corrected chi connectivity index (χ0v) is 19.5. The van der Waals surface area contributed by atoms with Crippen LogP contribution in [-0.2, 0) is 11.3 Å². The summed E-state index contributed by atoms with van der Waals surface area (Å²) in [6, 6.07) is 19.6.